The number of halogens is 1. The minimum Gasteiger partial charge on any atom is -0.251 e. The molecule has 3 aromatic rings. The molecule has 21 heavy (non-hydrogen) atoms. The average molecular weight is 296 g/mol. The van der Waals surface area contributed by atoms with E-state index in [1.807, 2.05) is 36.4 Å². The van der Waals surface area contributed by atoms with Gasteiger partial charge in [-0.2, -0.15) is 0 Å². The molecule has 0 unspecified atom stereocenters. The number of para-hydroxylation sites is 1. The molecule has 0 bridgehead atoms. The number of rotatable bonds is 1. The summed E-state index contributed by atoms with van der Waals surface area (Å²) >= 11 is 6.74. The summed E-state index contributed by atoms with van der Waals surface area (Å²) in [6, 6.07) is 18.5. The Morgan fingerprint density at radius 2 is 1.48 bits per heavy atom. The molecule has 0 atom stereocenters. The minimum atomic E-state index is -0.0926. The van der Waals surface area contributed by atoms with Crippen molar-refractivity contribution in [2.75, 3.05) is 0 Å². The van der Waals surface area contributed by atoms with Crippen LogP contribution in [0.2, 0.25) is 5.02 Å². The maximum absolute atomic E-state index is 6.74. The molecule has 0 saturated carbocycles. The van der Waals surface area contributed by atoms with Crippen LogP contribution >= 0.6 is 11.6 Å². The van der Waals surface area contributed by atoms with Crippen molar-refractivity contribution in [3.05, 3.63) is 65.3 Å². The minimum absolute atomic E-state index is 0.0926. The van der Waals surface area contributed by atoms with Gasteiger partial charge in [0.1, 0.15) is 0 Å². The van der Waals surface area contributed by atoms with Crippen LogP contribution in [0.4, 0.5) is 0 Å². The number of hydrogen-bond acceptors (Lipinski definition) is 1. The van der Waals surface area contributed by atoms with E-state index >= 15 is 0 Å². The summed E-state index contributed by atoms with van der Waals surface area (Å²) in [6.07, 6.45) is 0. The predicted octanol–water partition coefficient (Wildman–Crippen LogP) is 5.85. The first-order valence-electron chi connectivity index (χ1n) is 7.12. The van der Waals surface area contributed by atoms with Crippen LogP contribution < -0.4 is 0 Å². The zero-order valence-corrected chi connectivity index (χ0v) is 13.3. The van der Waals surface area contributed by atoms with E-state index in [2.05, 4.69) is 39.0 Å². The van der Waals surface area contributed by atoms with Crippen LogP contribution in [0.15, 0.2) is 54.6 Å². The highest BCUT2D eigenvalue weighted by atomic mass is 35.5. The topological polar surface area (TPSA) is 12.9 Å². The van der Waals surface area contributed by atoms with E-state index in [9.17, 15) is 0 Å². The summed E-state index contributed by atoms with van der Waals surface area (Å²) in [6.45, 7) is 6.43. The van der Waals surface area contributed by atoms with E-state index in [1.165, 1.54) is 0 Å². The molecule has 3 rings (SSSR count). The van der Waals surface area contributed by atoms with Gasteiger partial charge in [-0.15, -0.1) is 0 Å². The van der Waals surface area contributed by atoms with E-state index in [0.29, 0.717) is 0 Å². The molecule has 0 N–H and O–H groups in total. The SMILES string of the molecule is CC(C)(C)c1nc2ccccc2c(-c2ccccc2)c1Cl. The van der Waals surface area contributed by atoms with Crippen LogP contribution in [-0.4, -0.2) is 4.98 Å². The smallest absolute Gasteiger partial charge is 0.0712 e. The Bertz CT molecular complexity index is 786. The van der Waals surface area contributed by atoms with Crippen LogP contribution in [-0.2, 0) is 5.41 Å². The molecule has 2 aromatic carbocycles. The lowest BCUT2D eigenvalue weighted by Gasteiger charge is -2.22. The molecule has 0 aliphatic carbocycles. The van der Waals surface area contributed by atoms with Crippen LogP contribution in [0.5, 0.6) is 0 Å². The van der Waals surface area contributed by atoms with Crippen molar-refractivity contribution >= 4 is 22.5 Å². The van der Waals surface area contributed by atoms with Crippen molar-refractivity contribution in [3.8, 4) is 11.1 Å². The second-order valence-corrected chi connectivity index (χ2v) is 6.66. The standard InChI is InChI=1S/C19H18ClN/c1-19(2,3)18-17(20)16(13-9-5-4-6-10-13)14-11-7-8-12-15(14)21-18/h4-12H,1-3H3. The number of nitrogens with zero attached hydrogens (tertiary/aromatic N) is 1. The lowest BCUT2D eigenvalue weighted by Crippen LogP contribution is -2.15. The van der Waals surface area contributed by atoms with Gasteiger partial charge in [-0.05, 0) is 11.6 Å². The third-order valence-electron chi connectivity index (χ3n) is 3.61. The monoisotopic (exact) mass is 295 g/mol. The Morgan fingerprint density at radius 1 is 0.857 bits per heavy atom. The molecule has 1 heterocycles. The maximum Gasteiger partial charge on any atom is 0.0712 e. The van der Waals surface area contributed by atoms with E-state index in [1.54, 1.807) is 0 Å². The highest BCUT2D eigenvalue weighted by Crippen LogP contribution is 2.40. The molecule has 0 fully saturated rings. The summed E-state index contributed by atoms with van der Waals surface area (Å²) < 4.78 is 0. The molecule has 2 heteroatoms. The zero-order chi connectivity index (χ0) is 15.0. The maximum atomic E-state index is 6.74. The predicted molar refractivity (Wildman–Crippen MR) is 90.9 cm³/mol. The third kappa shape index (κ3) is 2.54. The van der Waals surface area contributed by atoms with Gasteiger partial charge in [-0.1, -0.05) is 80.9 Å². The third-order valence-corrected chi connectivity index (χ3v) is 3.97. The Labute approximate surface area is 130 Å². The first kappa shape index (κ1) is 14.1. The summed E-state index contributed by atoms with van der Waals surface area (Å²) in [5.74, 6) is 0. The first-order valence-corrected chi connectivity index (χ1v) is 7.50. The largest absolute Gasteiger partial charge is 0.251 e. The van der Waals surface area contributed by atoms with Crippen LogP contribution in [0, 0.1) is 0 Å². The van der Waals surface area contributed by atoms with Crippen molar-refractivity contribution in [1.29, 1.82) is 0 Å². The Balaban J connectivity index is 2.43. The van der Waals surface area contributed by atoms with Gasteiger partial charge >= 0.3 is 0 Å². The number of aromatic nitrogens is 1. The van der Waals surface area contributed by atoms with Gasteiger partial charge in [0.15, 0.2) is 0 Å². The van der Waals surface area contributed by atoms with Crippen molar-refractivity contribution in [3.63, 3.8) is 0 Å². The van der Waals surface area contributed by atoms with Gasteiger partial charge in [0, 0.05) is 16.4 Å². The first-order chi connectivity index (χ1) is 9.98. The van der Waals surface area contributed by atoms with Crippen molar-refractivity contribution in [1.82, 2.24) is 4.98 Å². The summed E-state index contributed by atoms with van der Waals surface area (Å²) in [7, 11) is 0. The molecule has 1 aromatic heterocycles. The number of pyridine rings is 1. The molecule has 0 aliphatic rings. The van der Waals surface area contributed by atoms with E-state index in [0.717, 1.165) is 32.7 Å². The molecule has 0 saturated heterocycles. The van der Waals surface area contributed by atoms with Gasteiger partial charge in [-0.3, -0.25) is 4.98 Å². The number of benzene rings is 2. The second-order valence-electron chi connectivity index (χ2n) is 6.28. The Hall–Kier alpha value is -1.86. The zero-order valence-electron chi connectivity index (χ0n) is 12.5. The molecule has 1 nitrogen and oxygen atoms in total. The molecule has 0 aliphatic heterocycles. The van der Waals surface area contributed by atoms with Crippen molar-refractivity contribution in [2.24, 2.45) is 0 Å². The fraction of sp³-hybridized carbons (Fsp3) is 0.211. The molecular formula is C19H18ClN. The van der Waals surface area contributed by atoms with E-state index in [-0.39, 0.29) is 5.41 Å². The summed E-state index contributed by atoms with van der Waals surface area (Å²) in [4.78, 5) is 4.80. The van der Waals surface area contributed by atoms with Gasteiger partial charge in [0.2, 0.25) is 0 Å². The molecule has 106 valence electrons. The van der Waals surface area contributed by atoms with Crippen molar-refractivity contribution in [2.45, 2.75) is 26.2 Å². The highest BCUT2D eigenvalue weighted by molar-refractivity contribution is 6.35. The fourth-order valence-electron chi connectivity index (χ4n) is 2.57. The van der Waals surface area contributed by atoms with Gasteiger partial charge in [0.25, 0.3) is 0 Å². The average Bonchev–Trinajstić information content (AvgIpc) is 2.46. The van der Waals surface area contributed by atoms with Crippen LogP contribution in [0.3, 0.4) is 0 Å². The summed E-state index contributed by atoms with van der Waals surface area (Å²) in [5, 5.41) is 1.86. The fourth-order valence-corrected chi connectivity index (χ4v) is 3.11. The van der Waals surface area contributed by atoms with Crippen LogP contribution in [0.1, 0.15) is 26.5 Å². The molecular weight excluding hydrogens is 278 g/mol. The van der Waals surface area contributed by atoms with Gasteiger partial charge in [-0.25, -0.2) is 0 Å². The van der Waals surface area contributed by atoms with Gasteiger partial charge < -0.3 is 0 Å². The number of hydrogen-bond donors (Lipinski definition) is 0. The van der Waals surface area contributed by atoms with E-state index < -0.39 is 0 Å². The molecule has 0 spiro atoms. The Morgan fingerprint density at radius 3 is 2.14 bits per heavy atom. The molecule has 0 radical (unpaired) electrons. The van der Waals surface area contributed by atoms with Crippen molar-refractivity contribution < 1.29 is 0 Å². The highest BCUT2D eigenvalue weighted by Gasteiger charge is 2.23. The van der Waals surface area contributed by atoms with E-state index in [4.69, 9.17) is 16.6 Å². The quantitative estimate of drug-likeness (QED) is 0.548. The number of fused-ring (bicyclic) bond motifs is 1. The summed E-state index contributed by atoms with van der Waals surface area (Å²) in [5.41, 5.74) is 4.05. The Kier molecular flexibility index (Phi) is 3.46. The molecule has 0 amide bonds. The lowest BCUT2D eigenvalue weighted by atomic mass is 9.88. The lowest BCUT2D eigenvalue weighted by molar-refractivity contribution is 0.572. The second kappa shape index (κ2) is 5.16. The normalized spacial score (nSPS) is 11.8. The van der Waals surface area contributed by atoms with Gasteiger partial charge in [0.05, 0.1) is 16.2 Å². The van der Waals surface area contributed by atoms with Crippen LogP contribution in [0.25, 0.3) is 22.0 Å².